The van der Waals surface area contributed by atoms with E-state index < -0.39 is 9.84 Å². The first-order chi connectivity index (χ1) is 6.03. The number of amides is 1. The van der Waals surface area contributed by atoms with Gasteiger partial charge in [0.2, 0.25) is 6.41 Å². The Morgan fingerprint density at radius 3 is 2.85 bits per heavy atom. The quantitative estimate of drug-likeness (QED) is 0.550. The molecule has 1 rings (SSSR count). The Bertz CT molecular complexity index is 274. The molecule has 5 nitrogen and oxygen atoms in total. The summed E-state index contributed by atoms with van der Waals surface area (Å²) in [6, 6.07) is -0.318. The molecule has 1 heterocycles. The van der Waals surface area contributed by atoms with E-state index in [4.69, 9.17) is 4.74 Å². The summed E-state index contributed by atoms with van der Waals surface area (Å²) in [6.45, 7) is 1.27. The Morgan fingerprint density at radius 1 is 1.62 bits per heavy atom. The second-order valence-electron chi connectivity index (χ2n) is 3.16. The molecule has 1 fully saturated rings. The van der Waals surface area contributed by atoms with Gasteiger partial charge in [0, 0.05) is 12.8 Å². The zero-order valence-electron chi connectivity index (χ0n) is 7.47. The number of morpholine rings is 1. The third-order valence-electron chi connectivity index (χ3n) is 1.90. The molecule has 0 aromatic rings. The Morgan fingerprint density at radius 2 is 2.31 bits per heavy atom. The molecular formula is C7H13NO4S. The molecular weight excluding hydrogens is 194 g/mol. The second kappa shape index (κ2) is 4.06. The van der Waals surface area contributed by atoms with Crippen molar-refractivity contribution in [3.63, 3.8) is 0 Å². The van der Waals surface area contributed by atoms with Gasteiger partial charge in [-0.05, 0) is 0 Å². The molecule has 1 saturated heterocycles. The number of ether oxygens (including phenoxy) is 1. The molecule has 1 aliphatic rings. The number of sulfone groups is 1. The summed E-state index contributed by atoms with van der Waals surface area (Å²) >= 11 is 0. The summed E-state index contributed by atoms with van der Waals surface area (Å²) in [5, 5.41) is 0. The maximum atomic E-state index is 11.0. The van der Waals surface area contributed by atoms with Crippen molar-refractivity contribution in [2.45, 2.75) is 6.04 Å². The summed E-state index contributed by atoms with van der Waals surface area (Å²) < 4.78 is 27.0. The maximum absolute atomic E-state index is 11.0. The van der Waals surface area contributed by atoms with Crippen LogP contribution in [-0.4, -0.2) is 57.5 Å². The van der Waals surface area contributed by atoms with Crippen LogP contribution in [0.25, 0.3) is 0 Å². The average molecular weight is 207 g/mol. The van der Waals surface area contributed by atoms with Gasteiger partial charge < -0.3 is 9.64 Å². The highest BCUT2D eigenvalue weighted by molar-refractivity contribution is 7.90. The Balaban J connectivity index is 2.60. The first kappa shape index (κ1) is 10.5. The molecule has 0 spiro atoms. The summed E-state index contributed by atoms with van der Waals surface area (Å²) in [7, 11) is -3.05. The number of hydrogen-bond acceptors (Lipinski definition) is 4. The molecule has 13 heavy (non-hydrogen) atoms. The van der Waals surface area contributed by atoms with Gasteiger partial charge in [-0.2, -0.15) is 0 Å². The van der Waals surface area contributed by atoms with Crippen molar-refractivity contribution in [3.8, 4) is 0 Å². The Labute approximate surface area is 77.6 Å². The third kappa shape index (κ3) is 3.31. The standard InChI is InChI=1S/C7H13NO4S/c1-13(10,11)5-7-4-12-3-2-8(7)6-9/h6-7H,2-5H2,1H3/t7-/m1/s1. The third-order valence-corrected chi connectivity index (χ3v) is 2.89. The second-order valence-corrected chi connectivity index (χ2v) is 5.35. The highest BCUT2D eigenvalue weighted by Gasteiger charge is 2.24. The van der Waals surface area contributed by atoms with Crippen LogP contribution < -0.4 is 0 Å². The van der Waals surface area contributed by atoms with Gasteiger partial charge in [0.05, 0.1) is 25.0 Å². The molecule has 0 aliphatic carbocycles. The van der Waals surface area contributed by atoms with E-state index in [1.54, 1.807) is 0 Å². The van der Waals surface area contributed by atoms with Crippen LogP contribution in [0, 0.1) is 0 Å². The summed E-state index contributed by atoms with van der Waals surface area (Å²) in [6.07, 6.45) is 1.84. The number of hydrogen-bond donors (Lipinski definition) is 0. The molecule has 0 saturated carbocycles. The fourth-order valence-corrected chi connectivity index (χ4v) is 2.29. The van der Waals surface area contributed by atoms with E-state index >= 15 is 0 Å². The van der Waals surface area contributed by atoms with E-state index in [2.05, 4.69) is 0 Å². The zero-order valence-corrected chi connectivity index (χ0v) is 8.29. The minimum atomic E-state index is -3.05. The number of carbonyl (C=O) groups is 1. The van der Waals surface area contributed by atoms with Crippen LogP contribution in [0.4, 0.5) is 0 Å². The maximum Gasteiger partial charge on any atom is 0.210 e. The van der Waals surface area contributed by atoms with E-state index in [0.29, 0.717) is 26.2 Å². The number of nitrogens with zero attached hydrogens (tertiary/aromatic N) is 1. The SMILES string of the molecule is CS(=O)(=O)C[C@H]1COCCN1C=O. The molecule has 0 unspecified atom stereocenters. The summed E-state index contributed by atoms with van der Waals surface area (Å²) in [5.41, 5.74) is 0. The Kier molecular flexibility index (Phi) is 3.27. The predicted molar refractivity (Wildman–Crippen MR) is 47.1 cm³/mol. The molecule has 0 aromatic carbocycles. The van der Waals surface area contributed by atoms with Crippen molar-refractivity contribution in [1.82, 2.24) is 4.90 Å². The molecule has 1 amide bonds. The minimum absolute atomic E-state index is 0.0221. The first-order valence-corrected chi connectivity index (χ1v) is 6.05. The predicted octanol–water partition coefficient (Wildman–Crippen LogP) is -1.11. The average Bonchev–Trinajstić information content (AvgIpc) is 2.02. The lowest BCUT2D eigenvalue weighted by Gasteiger charge is -2.31. The highest BCUT2D eigenvalue weighted by Crippen LogP contribution is 2.06. The van der Waals surface area contributed by atoms with Crippen LogP contribution in [0.3, 0.4) is 0 Å². The Hall–Kier alpha value is -0.620. The van der Waals surface area contributed by atoms with Crippen LogP contribution in [0.1, 0.15) is 0 Å². The molecule has 0 radical (unpaired) electrons. The lowest BCUT2D eigenvalue weighted by molar-refractivity contribution is -0.125. The highest BCUT2D eigenvalue weighted by atomic mass is 32.2. The van der Waals surface area contributed by atoms with Crippen molar-refractivity contribution < 1.29 is 17.9 Å². The van der Waals surface area contributed by atoms with Crippen molar-refractivity contribution in [3.05, 3.63) is 0 Å². The topological polar surface area (TPSA) is 63.7 Å². The lowest BCUT2D eigenvalue weighted by atomic mass is 10.3. The molecule has 0 aromatic heterocycles. The summed E-state index contributed by atoms with van der Waals surface area (Å²) in [4.78, 5) is 12.0. The van der Waals surface area contributed by atoms with Crippen LogP contribution in [0.5, 0.6) is 0 Å². The fourth-order valence-electron chi connectivity index (χ4n) is 1.30. The molecule has 0 bridgehead atoms. The zero-order chi connectivity index (χ0) is 9.90. The van der Waals surface area contributed by atoms with Crippen LogP contribution >= 0.6 is 0 Å². The lowest BCUT2D eigenvalue weighted by Crippen LogP contribution is -2.47. The van der Waals surface area contributed by atoms with Gasteiger partial charge in [-0.15, -0.1) is 0 Å². The van der Waals surface area contributed by atoms with Gasteiger partial charge in [0.1, 0.15) is 9.84 Å². The van der Waals surface area contributed by atoms with E-state index in [0.717, 1.165) is 6.26 Å². The van der Waals surface area contributed by atoms with Crippen LogP contribution in [-0.2, 0) is 19.4 Å². The summed E-state index contributed by atoms with van der Waals surface area (Å²) in [5.74, 6) is -0.0221. The van der Waals surface area contributed by atoms with Crippen LogP contribution in [0.15, 0.2) is 0 Å². The normalized spacial score (nSPS) is 24.4. The van der Waals surface area contributed by atoms with Gasteiger partial charge in [-0.1, -0.05) is 0 Å². The van der Waals surface area contributed by atoms with Crippen molar-refractivity contribution in [2.75, 3.05) is 31.8 Å². The van der Waals surface area contributed by atoms with E-state index in [1.807, 2.05) is 0 Å². The van der Waals surface area contributed by atoms with E-state index in [-0.39, 0.29) is 11.8 Å². The monoisotopic (exact) mass is 207 g/mol. The van der Waals surface area contributed by atoms with Crippen molar-refractivity contribution >= 4 is 16.2 Å². The minimum Gasteiger partial charge on any atom is -0.377 e. The molecule has 1 atom stereocenters. The van der Waals surface area contributed by atoms with E-state index in [9.17, 15) is 13.2 Å². The van der Waals surface area contributed by atoms with Crippen LogP contribution in [0.2, 0.25) is 0 Å². The first-order valence-electron chi connectivity index (χ1n) is 3.99. The molecule has 76 valence electrons. The van der Waals surface area contributed by atoms with Gasteiger partial charge in [0.15, 0.2) is 0 Å². The van der Waals surface area contributed by atoms with Crippen molar-refractivity contribution in [1.29, 1.82) is 0 Å². The van der Waals surface area contributed by atoms with Gasteiger partial charge in [0.25, 0.3) is 0 Å². The molecule has 0 N–H and O–H groups in total. The van der Waals surface area contributed by atoms with Crippen molar-refractivity contribution in [2.24, 2.45) is 0 Å². The smallest absolute Gasteiger partial charge is 0.210 e. The number of carbonyl (C=O) groups excluding carboxylic acids is 1. The molecule has 6 heteroatoms. The molecule has 1 aliphatic heterocycles. The largest absolute Gasteiger partial charge is 0.377 e. The van der Waals surface area contributed by atoms with Gasteiger partial charge in [-0.3, -0.25) is 4.79 Å². The van der Waals surface area contributed by atoms with E-state index in [1.165, 1.54) is 4.90 Å². The fraction of sp³-hybridized carbons (Fsp3) is 0.857. The number of rotatable bonds is 3. The van der Waals surface area contributed by atoms with Gasteiger partial charge >= 0.3 is 0 Å². The van der Waals surface area contributed by atoms with Gasteiger partial charge in [-0.25, -0.2) is 8.42 Å².